The molecule has 1 N–H and O–H groups in total. The number of imidazole rings is 1. The highest BCUT2D eigenvalue weighted by Crippen LogP contribution is 2.60. The van der Waals surface area contributed by atoms with Crippen LogP contribution in [0.5, 0.6) is 0 Å². The second kappa shape index (κ2) is 3.41. The highest BCUT2D eigenvalue weighted by Gasteiger charge is 2.53. The Morgan fingerprint density at radius 3 is 2.17 bits per heavy atom. The largest absolute Gasteiger partial charge is 0.345 e. The Bertz CT molecular complexity index is 496. The van der Waals surface area contributed by atoms with Crippen molar-refractivity contribution in [3.05, 3.63) is 17.2 Å². The summed E-state index contributed by atoms with van der Waals surface area (Å²) >= 11 is 0. The fraction of sp³-hybridized carbons (Fsp3) is 0.688. The molecule has 2 heteroatoms. The Morgan fingerprint density at radius 2 is 1.72 bits per heavy atom. The fourth-order valence-electron chi connectivity index (χ4n) is 5.25. The van der Waals surface area contributed by atoms with Crippen LogP contribution in [0.25, 0.3) is 0 Å². The summed E-state index contributed by atoms with van der Waals surface area (Å²) in [5.41, 5.74) is 2.23. The van der Waals surface area contributed by atoms with Crippen LogP contribution in [0, 0.1) is 37.0 Å². The molecule has 0 saturated heterocycles. The van der Waals surface area contributed by atoms with Gasteiger partial charge in [0, 0.05) is 11.1 Å². The first kappa shape index (κ1) is 10.7. The smallest absolute Gasteiger partial charge is 0.134 e. The molecule has 94 valence electrons. The maximum Gasteiger partial charge on any atom is 0.134 e. The maximum absolute atomic E-state index is 5.52. The Hall–Kier alpha value is -1.23. The molecule has 0 aliphatic heterocycles. The molecule has 4 saturated carbocycles. The quantitative estimate of drug-likeness (QED) is 0.750. The lowest BCUT2D eigenvalue weighted by Crippen LogP contribution is -2.49. The zero-order valence-corrected chi connectivity index (χ0v) is 11.0. The van der Waals surface area contributed by atoms with Gasteiger partial charge in [0.2, 0.25) is 0 Å². The maximum atomic E-state index is 5.52. The van der Waals surface area contributed by atoms with Crippen molar-refractivity contribution in [2.24, 2.45) is 17.8 Å². The number of H-pyrrole nitrogens is 1. The lowest BCUT2D eigenvalue weighted by molar-refractivity contribution is -0.00905. The minimum atomic E-state index is 0.342. The van der Waals surface area contributed by atoms with E-state index in [9.17, 15) is 0 Å². The minimum absolute atomic E-state index is 0.342. The summed E-state index contributed by atoms with van der Waals surface area (Å²) in [6, 6.07) is 0. The van der Waals surface area contributed by atoms with Crippen molar-refractivity contribution < 1.29 is 0 Å². The SMILES string of the molecule is C#Cc1nc(C23CC4CC(CC(C4)C2)C3)[nH]c1C. The molecular formula is C16H20N2. The van der Waals surface area contributed by atoms with E-state index in [1.165, 1.54) is 44.3 Å². The van der Waals surface area contributed by atoms with Crippen LogP contribution in [0.3, 0.4) is 0 Å². The highest BCUT2D eigenvalue weighted by atomic mass is 15.0. The number of aromatic amines is 1. The molecule has 0 radical (unpaired) electrons. The van der Waals surface area contributed by atoms with Gasteiger partial charge in [0.1, 0.15) is 11.5 Å². The Kier molecular flexibility index (Phi) is 2.02. The molecule has 0 amide bonds. The summed E-state index contributed by atoms with van der Waals surface area (Å²) in [6.45, 7) is 2.05. The summed E-state index contributed by atoms with van der Waals surface area (Å²) in [6.07, 6.45) is 14.0. The first-order valence-electron chi connectivity index (χ1n) is 7.22. The van der Waals surface area contributed by atoms with E-state index in [4.69, 9.17) is 11.4 Å². The Balaban J connectivity index is 1.77. The van der Waals surface area contributed by atoms with Crippen LogP contribution in [0.2, 0.25) is 0 Å². The molecule has 0 unspecified atom stereocenters. The van der Waals surface area contributed by atoms with Crippen LogP contribution < -0.4 is 0 Å². The molecule has 1 heterocycles. The van der Waals surface area contributed by atoms with Gasteiger partial charge < -0.3 is 4.98 Å². The predicted octanol–water partition coefficient (Wildman–Crippen LogP) is 3.17. The van der Waals surface area contributed by atoms with Gasteiger partial charge in [-0.2, -0.15) is 0 Å². The number of hydrogen-bond donors (Lipinski definition) is 1. The fourth-order valence-corrected chi connectivity index (χ4v) is 5.25. The Morgan fingerprint density at radius 1 is 1.17 bits per heavy atom. The number of terminal acetylenes is 1. The zero-order valence-electron chi connectivity index (χ0n) is 11.0. The summed E-state index contributed by atoms with van der Waals surface area (Å²) in [5.74, 6) is 6.77. The van der Waals surface area contributed by atoms with Gasteiger partial charge in [-0.25, -0.2) is 4.98 Å². The lowest BCUT2D eigenvalue weighted by atomic mass is 9.49. The number of rotatable bonds is 1. The second-order valence-corrected chi connectivity index (χ2v) is 6.90. The van der Waals surface area contributed by atoms with Crippen LogP contribution in [-0.2, 0) is 5.41 Å². The monoisotopic (exact) mass is 240 g/mol. The molecule has 1 aromatic heterocycles. The zero-order chi connectivity index (χ0) is 12.3. The third-order valence-electron chi connectivity index (χ3n) is 5.56. The van der Waals surface area contributed by atoms with Gasteiger partial charge in [-0.15, -0.1) is 6.42 Å². The third-order valence-corrected chi connectivity index (χ3v) is 5.56. The third kappa shape index (κ3) is 1.34. The van der Waals surface area contributed by atoms with E-state index < -0.39 is 0 Å². The van der Waals surface area contributed by atoms with Crippen molar-refractivity contribution in [1.29, 1.82) is 0 Å². The first-order valence-corrected chi connectivity index (χ1v) is 7.22. The van der Waals surface area contributed by atoms with Gasteiger partial charge in [-0.05, 0) is 69.1 Å². The van der Waals surface area contributed by atoms with E-state index in [2.05, 4.69) is 10.9 Å². The van der Waals surface area contributed by atoms with Gasteiger partial charge in [0.25, 0.3) is 0 Å². The molecule has 18 heavy (non-hydrogen) atoms. The molecule has 0 atom stereocenters. The summed E-state index contributed by atoms with van der Waals surface area (Å²) in [5, 5.41) is 0. The average Bonchev–Trinajstić information content (AvgIpc) is 2.69. The van der Waals surface area contributed by atoms with Crippen molar-refractivity contribution >= 4 is 0 Å². The van der Waals surface area contributed by atoms with E-state index in [0.717, 1.165) is 29.1 Å². The number of nitrogens with one attached hydrogen (secondary N) is 1. The topological polar surface area (TPSA) is 28.7 Å². The van der Waals surface area contributed by atoms with E-state index in [0.29, 0.717) is 5.41 Å². The number of nitrogens with zero attached hydrogens (tertiary/aromatic N) is 1. The predicted molar refractivity (Wildman–Crippen MR) is 71.1 cm³/mol. The van der Waals surface area contributed by atoms with Gasteiger partial charge in [-0.3, -0.25) is 0 Å². The van der Waals surface area contributed by atoms with Crippen LogP contribution in [0.4, 0.5) is 0 Å². The average molecular weight is 240 g/mol. The van der Waals surface area contributed by atoms with Crippen LogP contribution >= 0.6 is 0 Å². The number of aryl methyl sites for hydroxylation is 1. The molecule has 4 bridgehead atoms. The summed E-state index contributed by atoms with van der Waals surface area (Å²) in [7, 11) is 0. The van der Waals surface area contributed by atoms with Gasteiger partial charge in [-0.1, -0.05) is 0 Å². The summed E-state index contributed by atoms with van der Waals surface area (Å²) < 4.78 is 0. The number of hydrogen-bond acceptors (Lipinski definition) is 1. The van der Waals surface area contributed by atoms with Gasteiger partial charge in [0.15, 0.2) is 0 Å². The van der Waals surface area contributed by atoms with Crippen molar-refractivity contribution in [3.63, 3.8) is 0 Å². The second-order valence-electron chi connectivity index (χ2n) is 6.90. The number of aromatic nitrogens is 2. The van der Waals surface area contributed by atoms with E-state index in [1.54, 1.807) is 0 Å². The normalized spacial score (nSPS) is 41.0. The first-order chi connectivity index (χ1) is 8.68. The lowest BCUT2D eigenvalue weighted by Gasteiger charge is -2.55. The molecule has 0 spiro atoms. The molecule has 2 nitrogen and oxygen atoms in total. The van der Waals surface area contributed by atoms with Crippen molar-refractivity contribution in [1.82, 2.24) is 9.97 Å². The minimum Gasteiger partial charge on any atom is -0.345 e. The molecule has 1 aromatic rings. The molecule has 4 fully saturated rings. The van der Waals surface area contributed by atoms with Gasteiger partial charge in [0.05, 0.1) is 0 Å². The summed E-state index contributed by atoms with van der Waals surface area (Å²) in [4.78, 5) is 8.23. The van der Waals surface area contributed by atoms with E-state index in [1.807, 2.05) is 6.92 Å². The molecule has 0 aromatic carbocycles. The van der Waals surface area contributed by atoms with E-state index in [-0.39, 0.29) is 0 Å². The molecular weight excluding hydrogens is 220 g/mol. The van der Waals surface area contributed by atoms with Crippen molar-refractivity contribution in [2.45, 2.75) is 50.9 Å². The Labute approximate surface area is 109 Å². The van der Waals surface area contributed by atoms with Gasteiger partial charge >= 0.3 is 0 Å². The van der Waals surface area contributed by atoms with Crippen molar-refractivity contribution in [3.8, 4) is 12.3 Å². The molecule has 5 rings (SSSR count). The standard InChI is InChI=1S/C16H20N2/c1-3-14-10(2)17-15(18-14)16-7-11-4-12(8-16)6-13(5-11)9-16/h1,11-13H,4-9H2,2H3,(H,17,18). The van der Waals surface area contributed by atoms with Crippen LogP contribution in [0.15, 0.2) is 0 Å². The van der Waals surface area contributed by atoms with Crippen LogP contribution in [-0.4, -0.2) is 9.97 Å². The van der Waals surface area contributed by atoms with E-state index >= 15 is 0 Å². The molecule has 4 aliphatic rings. The molecule has 4 aliphatic carbocycles. The van der Waals surface area contributed by atoms with Crippen molar-refractivity contribution in [2.75, 3.05) is 0 Å². The highest BCUT2D eigenvalue weighted by molar-refractivity contribution is 5.32. The van der Waals surface area contributed by atoms with Crippen LogP contribution in [0.1, 0.15) is 55.7 Å².